The highest BCUT2D eigenvalue weighted by Crippen LogP contribution is 2.17. The second-order valence-corrected chi connectivity index (χ2v) is 6.02. The summed E-state index contributed by atoms with van der Waals surface area (Å²) in [5.41, 5.74) is -0.908. The predicted molar refractivity (Wildman–Crippen MR) is 77.5 cm³/mol. The first-order valence-electron chi connectivity index (χ1n) is 7.25. The molecule has 0 spiro atoms. The van der Waals surface area contributed by atoms with E-state index in [0.29, 0.717) is 13.0 Å². The minimum atomic E-state index is -0.908. The van der Waals surface area contributed by atoms with Crippen molar-refractivity contribution >= 4 is 17.8 Å². The van der Waals surface area contributed by atoms with E-state index in [2.05, 4.69) is 5.32 Å². The van der Waals surface area contributed by atoms with Crippen molar-refractivity contribution < 1.29 is 19.5 Å². The van der Waals surface area contributed by atoms with Gasteiger partial charge in [-0.15, -0.1) is 0 Å². The Morgan fingerprint density at radius 1 is 1.38 bits per heavy atom. The normalized spacial score (nSPS) is 17.3. The summed E-state index contributed by atoms with van der Waals surface area (Å²) >= 11 is 0. The SMILES string of the molecule is CC(C)N(CCCO)C(=O)CCN1C(=O)NC(C)(C)C1=O. The zero-order valence-corrected chi connectivity index (χ0v) is 13.2. The average molecular weight is 299 g/mol. The van der Waals surface area contributed by atoms with Crippen molar-refractivity contribution in [3.63, 3.8) is 0 Å². The number of urea groups is 1. The lowest BCUT2D eigenvalue weighted by molar-refractivity contribution is -0.134. The van der Waals surface area contributed by atoms with E-state index in [1.165, 1.54) is 0 Å². The van der Waals surface area contributed by atoms with E-state index in [1.807, 2.05) is 13.8 Å². The molecule has 0 aromatic heterocycles. The van der Waals surface area contributed by atoms with Gasteiger partial charge in [0.15, 0.2) is 0 Å². The van der Waals surface area contributed by atoms with Gasteiger partial charge >= 0.3 is 6.03 Å². The topological polar surface area (TPSA) is 89.9 Å². The average Bonchev–Trinajstić information content (AvgIpc) is 2.56. The third-order valence-corrected chi connectivity index (χ3v) is 3.49. The summed E-state index contributed by atoms with van der Waals surface area (Å²) in [6.07, 6.45) is 0.610. The number of nitrogens with one attached hydrogen (secondary N) is 1. The van der Waals surface area contributed by atoms with Crippen LogP contribution < -0.4 is 5.32 Å². The van der Waals surface area contributed by atoms with Gasteiger partial charge in [0.1, 0.15) is 5.54 Å². The van der Waals surface area contributed by atoms with Gasteiger partial charge in [-0.2, -0.15) is 0 Å². The Balaban J connectivity index is 2.59. The highest BCUT2D eigenvalue weighted by atomic mass is 16.3. The molecule has 21 heavy (non-hydrogen) atoms. The van der Waals surface area contributed by atoms with Gasteiger partial charge in [-0.3, -0.25) is 14.5 Å². The summed E-state index contributed by atoms with van der Waals surface area (Å²) in [6, 6.07) is -0.437. The number of hydrogen-bond acceptors (Lipinski definition) is 4. The molecule has 2 N–H and O–H groups in total. The maximum atomic E-state index is 12.2. The number of aliphatic hydroxyl groups is 1. The van der Waals surface area contributed by atoms with Crippen molar-refractivity contribution in [2.75, 3.05) is 19.7 Å². The monoisotopic (exact) mass is 299 g/mol. The molecule has 120 valence electrons. The van der Waals surface area contributed by atoms with Gasteiger partial charge in [0, 0.05) is 32.2 Å². The van der Waals surface area contributed by atoms with Crippen molar-refractivity contribution in [2.45, 2.75) is 52.1 Å². The van der Waals surface area contributed by atoms with Crippen LogP contribution in [-0.2, 0) is 9.59 Å². The lowest BCUT2D eigenvalue weighted by Crippen LogP contribution is -2.42. The number of imide groups is 1. The number of carbonyl (C=O) groups excluding carboxylic acids is 3. The van der Waals surface area contributed by atoms with Crippen LogP contribution in [0.25, 0.3) is 0 Å². The quantitative estimate of drug-likeness (QED) is 0.663. The van der Waals surface area contributed by atoms with Crippen molar-refractivity contribution in [1.82, 2.24) is 15.1 Å². The zero-order valence-electron chi connectivity index (χ0n) is 13.2. The molecular weight excluding hydrogens is 274 g/mol. The van der Waals surface area contributed by atoms with Crippen LogP contribution in [0.15, 0.2) is 0 Å². The van der Waals surface area contributed by atoms with Crippen LogP contribution in [0, 0.1) is 0 Å². The van der Waals surface area contributed by atoms with Gasteiger partial charge in [-0.05, 0) is 34.1 Å². The van der Waals surface area contributed by atoms with Gasteiger partial charge in [-0.1, -0.05) is 0 Å². The van der Waals surface area contributed by atoms with Crippen LogP contribution in [0.3, 0.4) is 0 Å². The first kappa shape index (κ1) is 17.4. The second-order valence-electron chi connectivity index (χ2n) is 6.02. The highest BCUT2D eigenvalue weighted by molar-refractivity contribution is 6.06. The van der Waals surface area contributed by atoms with Crippen molar-refractivity contribution in [3.8, 4) is 0 Å². The molecule has 0 radical (unpaired) electrons. The summed E-state index contributed by atoms with van der Waals surface area (Å²) in [6.45, 7) is 7.64. The van der Waals surface area contributed by atoms with E-state index in [4.69, 9.17) is 5.11 Å². The molecular formula is C14H25N3O4. The molecule has 7 heteroatoms. The molecule has 1 aliphatic rings. The van der Waals surface area contributed by atoms with Crippen molar-refractivity contribution in [2.24, 2.45) is 0 Å². The Bertz CT molecular complexity index is 420. The molecule has 1 rings (SSSR count). The molecule has 1 heterocycles. The summed E-state index contributed by atoms with van der Waals surface area (Å²) in [7, 11) is 0. The molecule has 0 saturated carbocycles. The molecule has 0 aliphatic carbocycles. The fourth-order valence-electron chi connectivity index (χ4n) is 2.28. The third-order valence-electron chi connectivity index (χ3n) is 3.49. The van der Waals surface area contributed by atoms with E-state index in [-0.39, 0.29) is 37.4 Å². The molecule has 1 fully saturated rings. The van der Waals surface area contributed by atoms with Crippen molar-refractivity contribution in [1.29, 1.82) is 0 Å². The van der Waals surface area contributed by atoms with Gasteiger partial charge in [0.2, 0.25) is 5.91 Å². The second kappa shape index (κ2) is 6.89. The van der Waals surface area contributed by atoms with Gasteiger partial charge in [0.05, 0.1) is 0 Å². The molecule has 1 saturated heterocycles. The van der Waals surface area contributed by atoms with Gasteiger partial charge < -0.3 is 15.3 Å². The van der Waals surface area contributed by atoms with Crippen LogP contribution in [0.4, 0.5) is 4.79 Å². The minimum absolute atomic E-state index is 0.0172. The van der Waals surface area contributed by atoms with Gasteiger partial charge in [-0.25, -0.2) is 4.79 Å². The van der Waals surface area contributed by atoms with Gasteiger partial charge in [0.25, 0.3) is 5.91 Å². The lowest BCUT2D eigenvalue weighted by Gasteiger charge is -2.27. The Hall–Kier alpha value is -1.63. The predicted octanol–water partition coefficient (Wildman–Crippen LogP) is 0.326. The van der Waals surface area contributed by atoms with Crippen LogP contribution in [0.2, 0.25) is 0 Å². The fraction of sp³-hybridized carbons (Fsp3) is 0.786. The van der Waals surface area contributed by atoms with Crippen LogP contribution >= 0.6 is 0 Å². The largest absolute Gasteiger partial charge is 0.396 e. The number of aliphatic hydroxyl groups excluding tert-OH is 1. The molecule has 7 nitrogen and oxygen atoms in total. The lowest BCUT2D eigenvalue weighted by atomic mass is 10.1. The summed E-state index contributed by atoms with van der Waals surface area (Å²) < 4.78 is 0. The van der Waals surface area contributed by atoms with Crippen LogP contribution in [0.1, 0.15) is 40.5 Å². The Kier molecular flexibility index (Phi) is 5.71. The Morgan fingerprint density at radius 2 is 2.00 bits per heavy atom. The molecule has 4 amide bonds. The molecule has 0 aromatic carbocycles. The number of amides is 4. The standard InChI is InChI=1S/C14H25N3O4/c1-10(2)16(7-5-9-18)11(19)6-8-17-12(20)14(3,4)15-13(17)21/h10,18H,5-9H2,1-4H3,(H,15,21). The van der Waals surface area contributed by atoms with E-state index in [1.54, 1.807) is 18.7 Å². The Morgan fingerprint density at radius 3 is 2.43 bits per heavy atom. The zero-order chi connectivity index (χ0) is 16.2. The summed E-state index contributed by atoms with van der Waals surface area (Å²) in [4.78, 5) is 38.7. The fourth-order valence-corrected chi connectivity index (χ4v) is 2.28. The van der Waals surface area contributed by atoms with Crippen LogP contribution in [0.5, 0.6) is 0 Å². The van der Waals surface area contributed by atoms with E-state index >= 15 is 0 Å². The number of nitrogens with zero attached hydrogens (tertiary/aromatic N) is 2. The maximum absolute atomic E-state index is 12.2. The van der Waals surface area contributed by atoms with E-state index in [9.17, 15) is 14.4 Å². The molecule has 1 aliphatic heterocycles. The molecule has 0 atom stereocenters. The first-order valence-corrected chi connectivity index (χ1v) is 7.25. The van der Waals surface area contributed by atoms with Crippen molar-refractivity contribution in [3.05, 3.63) is 0 Å². The Labute approximate surface area is 125 Å². The molecule has 0 aromatic rings. The minimum Gasteiger partial charge on any atom is -0.396 e. The number of carbonyl (C=O) groups is 3. The van der Waals surface area contributed by atoms with E-state index < -0.39 is 11.6 Å². The van der Waals surface area contributed by atoms with Crippen LogP contribution in [-0.4, -0.2) is 64.0 Å². The summed E-state index contributed by atoms with van der Waals surface area (Å²) in [5.74, 6) is -0.435. The first-order chi connectivity index (χ1) is 9.70. The number of rotatable bonds is 7. The molecule has 0 unspecified atom stereocenters. The van der Waals surface area contributed by atoms with E-state index in [0.717, 1.165) is 4.90 Å². The number of hydrogen-bond donors (Lipinski definition) is 2. The summed E-state index contributed by atoms with van der Waals surface area (Å²) in [5, 5.41) is 11.4. The highest BCUT2D eigenvalue weighted by Gasteiger charge is 2.44. The smallest absolute Gasteiger partial charge is 0.325 e. The maximum Gasteiger partial charge on any atom is 0.325 e. The molecule has 0 bridgehead atoms. The third kappa shape index (κ3) is 4.17.